The normalized spacial score (nSPS) is 11.8. The van der Waals surface area contributed by atoms with Gasteiger partial charge in [-0.15, -0.1) is 0 Å². The molecule has 0 fully saturated rings. The quantitative estimate of drug-likeness (QED) is 0.351. The number of nitrogens with zero attached hydrogens (tertiary/aromatic N) is 7. The smallest absolute Gasteiger partial charge is 0.308 e. The van der Waals surface area contributed by atoms with Crippen molar-refractivity contribution >= 4 is 5.91 Å². The second-order valence-corrected chi connectivity index (χ2v) is 7.74. The van der Waals surface area contributed by atoms with Crippen molar-refractivity contribution in [2.45, 2.75) is 18.9 Å². The number of aromatic nitrogens is 5. The largest absolute Gasteiger partial charge is 0.427 e. The van der Waals surface area contributed by atoms with Gasteiger partial charge < -0.3 is 10.5 Å². The highest BCUT2D eigenvalue weighted by atomic mass is 19.3. The number of amides is 1. The fraction of sp³-hybridized carbons (Fsp3) is 0.167. The van der Waals surface area contributed by atoms with Gasteiger partial charge in [0.25, 0.3) is 0 Å². The Balaban J connectivity index is 1.54. The molecule has 37 heavy (non-hydrogen) atoms. The van der Waals surface area contributed by atoms with Gasteiger partial charge in [0, 0.05) is 18.3 Å². The Bertz CT molecular complexity index is 1510. The molecule has 0 saturated carbocycles. The average Bonchev–Trinajstić information content (AvgIpc) is 3.44. The Labute approximate surface area is 208 Å². The van der Waals surface area contributed by atoms with Crippen molar-refractivity contribution in [3.63, 3.8) is 0 Å². The molecular formula is C24H19F3N8O2. The molecule has 188 valence electrons. The van der Waals surface area contributed by atoms with Crippen LogP contribution >= 0.6 is 0 Å². The van der Waals surface area contributed by atoms with Crippen LogP contribution in [0.15, 0.2) is 72.4 Å². The minimum atomic E-state index is -3.42. The lowest BCUT2D eigenvalue weighted by molar-refractivity contribution is -0.120. The maximum atomic E-state index is 14.5. The molecule has 0 unspecified atom stereocenters. The molecule has 0 saturated heterocycles. The monoisotopic (exact) mass is 508 g/mol. The summed E-state index contributed by atoms with van der Waals surface area (Å²) in [5.41, 5.74) is -0.522. The summed E-state index contributed by atoms with van der Waals surface area (Å²) < 4.78 is 45.1. The summed E-state index contributed by atoms with van der Waals surface area (Å²) >= 11 is 0. The van der Waals surface area contributed by atoms with E-state index in [-0.39, 0.29) is 28.9 Å². The van der Waals surface area contributed by atoms with Crippen molar-refractivity contribution in [2.75, 3.05) is 6.54 Å². The van der Waals surface area contributed by atoms with E-state index in [1.807, 2.05) is 6.07 Å². The summed E-state index contributed by atoms with van der Waals surface area (Å²) in [6.07, 6.45) is 3.37. The van der Waals surface area contributed by atoms with Gasteiger partial charge in [-0.2, -0.15) is 23.9 Å². The second kappa shape index (κ2) is 10.7. The van der Waals surface area contributed by atoms with Crippen LogP contribution in [0.1, 0.15) is 22.5 Å². The summed E-state index contributed by atoms with van der Waals surface area (Å²) in [7, 11) is 0. The summed E-state index contributed by atoms with van der Waals surface area (Å²) in [6, 6.07) is 12.6. The Morgan fingerprint density at radius 2 is 2.03 bits per heavy atom. The number of alkyl halides is 2. The van der Waals surface area contributed by atoms with Gasteiger partial charge in [0.2, 0.25) is 5.91 Å². The molecule has 4 rings (SSSR count). The number of carbonyl (C=O) groups is 1. The molecule has 13 heteroatoms. The molecular weight excluding hydrogens is 489 g/mol. The molecule has 0 aliphatic rings. The number of halogens is 3. The SMILES string of the molecule is N#Cc1ccc(=NCC(F)(F)c2ccccn2)n(O)c1CC(=O)NCc1c(F)cccc1-n1cncn1. The molecule has 10 nitrogen and oxygen atoms in total. The molecule has 3 aromatic heterocycles. The Morgan fingerprint density at radius 1 is 1.19 bits per heavy atom. The highest BCUT2D eigenvalue weighted by molar-refractivity contribution is 5.78. The highest BCUT2D eigenvalue weighted by Gasteiger charge is 2.32. The summed E-state index contributed by atoms with van der Waals surface area (Å²) in [5, 5.41) is 26.5. The Hall–Kier alpha value is -4.99. The molecule has 4 aromatic rings. The first-order chi connectivity index (χ1) is 17.8. The lowest BCUT2D eigenvalue weighted by atomic mass is 10.1. The predicted octanol–water partition coefficient (Wildman–Crippen LogP) is 2.26. The first kappa shape index (κ1) is 25.1. The van der Waals surface area contributed by atoms with Crippen molar-refractivity contribution in [1.29, 1.82) is 5.26 Å². The molecule has 0 aliphatic heterocycles. The Kier molecular flexibility index (Phi) is 7.28. The first-order valence-electron chi connectivity index (χ1n) is 10.8. The number of carbonyl (C=O) groups excluding carboxylic acids is 1. The van der Waals surface area contributed by atoms with Crippen LogP contribution in [0.5, 0.6) is 0 Å². The molecule has 2 N–H and O–H groups in total. The number of hydrogen-bond donors (Lipinski definition) is 2. The molecule has 1 aromatic carbocycles. The fourth-order valence-corrected chi connectivity index (χ4v) is 3.48. The standard InChI is InChI=1S/C24H19F3N8O2/c25-18-4-3-5-19(34-15-29-14-33-34)17(18)12-31-23(36)10-20-16(11-28)7-8-22(35(20)37)32-13-24(26,27)21-6-1-2-9-30-21/h1-9,14-15,37H,10,12-13H2,(H,31,36). The maximum absolute atomic E-state index is 14.5. The molecule has 0 aliphatic carbocycles. The molecule has 0 radical (unpaired) electrons. The molecule has 0 bridgehead atoms. The van der Waals surface area contributed by atoms with E-state index in [2.05, 4.69) is 25.4 Å². The van der Waals surface area contributed by atoms with Crippen LogP contribution < -0.4 is 10.8 Å². The Morgan fingerprint density at radius 3 is 2.73 bits per heavy atom. The predicted molar refractivity (Wildman–Crippen MR) is 122 cm³/mol. The van der Waals surface area contributed by atoms with Crippen LogP contribution in [0.2, 0.25) is 0 Å². The first-order valence-corrected chi connectivity index (χ1v) is 10.8. The number of rotatable bonds is 8. The van der Waals surface area contributed by atoms with Gasteiger partial charge in [0.1, 0.15) is 36.8 Å². The van der Waals surface area contributed by atoms with Gasteiger partial charge in [-0.1, -0.05) is 12.1 Å². The van der Waals surface area contributed by atoms with E-state index in [0.29, 0.717) is 10.4 Å². The summed E-state index contributed by atoms with van der Waals surface area (Å²) in [4.78, 5) is 23.9. The minimum absolute atomic E-state index is 0.0673. The third-order valence-electron chi connectivity index (χ3n) is 5.33. The van der Waals surface area contributed by atoms with Crippen molar-refractivity contribution in [2.24, 2.45) is 4.99 Å². The van der Waals surface area contributed by atoms with Crippen LogP contribution in [0.4, 0.5) is 13.2 Å². The van der Waals surface area contributed by atoms with Crippen LogP contribution in [-0.4, -0.2) is 42.1 Å². The van der Waals surface area contributed by atoms with Crippen LogP contribution in [0, 0.1) is 17.1 Å². The summed E-state index contributed by atoms with van der Waals surface area (Å²) in [6.45, 7) is -1.26. The molecule has 1 amide bonds. The van der Waals surface area contributed by atoms with E-state index in [1.54, 1.807) is 6.07 Å². The topological polar surface area (TPSA) is 134 Å². The number of benzene rings is 1. The average molecular weight is 508 g/mol. The number of nitriles is 1. The van der Waals surface area contributed by atoms with E-state index in [4.69, 9.17) is 0 Å². The third kappa shape index (κ3) is 5.64. The lowest BCUT2D eigenvalue weighted by Gasteiger charge is -2.14. The number of pyridine rings is 2. The van der Waals surface area contributed by atoms with Crippen LogP contribution in [0.25, 0.3) is 5.69 Å². The van der Waals surface area contributed by atoms with Crippen molar-refractivity contribution in [1.82, 2.24) is 29.8 Å². The van der Waals surface area contributed by atoms with Gasteiger partial charge >= 0.3 is 5.92 Å². The fourth-order valence-electron chi connectivity index (χ4n) is 3.48. The number of nitrogens with one attached hydrogen (secondary N) is 1. The van der Waals surface area contributed by atoms with Crippen molar-refractivity contribution in [3.8, 4) is 11.8 Å². The van der Waals surface area contributed by atoms with Gasteiger partial charge in [-0.3, -0.25) is 14.8 Å². The minimum Gasteiger partial charge on any atom is -0.427 e. The molecule has 0 atom stereocenters. The van der Waals surface area contributed by atoms with Gasteiger partial charge in [-0.25, -0.2) is 14.1 Å². The lowest BCUT2D eigenvalue weighted by Crippen LogP contribution is -2.31. The molecule has 3 heterocycles. The van der Waals surface area contributed by atoms with E-state index in [1.165, 1.54) is 59.9 Å². The number of hydrogen-bond acceptors (Lipinski definition) is 7. The van der Waals surface area contributed by atoms with Gasteiger partial charge in [0.15, 0.2) is 5.49 Å². The van der Waals surface area contributed by atoms with E-state index >= 15 is 0 Å². The van der Waals surface area contributed by atoms with E-state index in [9.17, 15) is 28.4 Å². The highest BCUT2D eigenvalue weighted by Crippen LogP contribution is 2.25. The zero-order valence-corrected chi connectivity index (χ0v) is 19.1. The van der Waals surface area contributed by atoms with Gasteiger partial charge in [-0.05, 0) is 36.4 Å². The second-order valence-electron chi connectivity index (χ2n) is 7.74. The molecule has 0 spiro atoms. The van der Waals surface area contributed by atoms with E-state index < -0.39 is 36.3 Å². The zero-order valence-electron chi connectivity index (χ0n) is 19.1. The zero-order chi connectivity index (χ0) is 26.4. The third-order valence-corrected chi connectivity index (χ3v) is 5.33. The van der Waals surface area contributed by atoms with Crippen LogP contribution in [-0.2, 0) is 23.7 Å². The van der Waals surface area contributed by atoms with Crippen molar-refractivity contribution < 1.29 is 23.2 Å². The van der Waals surface area contributed by atoms with Crippen LogP contribution in [0.3, 0.4) is 0 Å². The van der Waals surface area contributed by atoms with Gasteiger partial charge in [0.05, 0.1) is 23.4 Å². The summed E-state index contributed by atoms with van der Waals surface area (Å²) in [5.74, 6) is -4.66. The van der Waals surface area contributed by atoms with E-state index in [0.717, 1.165) is 6.07 Å². The maximum Gasteiger partial charge on any atom is 0.308 e. The van der Waals surface area contributed by atoms with Crippen molar-refractivity contribution in [3.05, 3.63) is 101 Å².